The summed E-state index contributed by atoms with van der Waals surface area (Å²) < 4.78 is 0. The maximum atomic E-state index is 8.97. The summed E-state index contributed by atoms with van der Waals surface area (Å²) in [5.74, 6) is 0.887. The molecule has 0 radical (unpaired) electrons. The summed E-state index contributed by atoms with van der Waals surface area (Å²) in [6, 6.07) is 5.96. The third-order valence-corrected chi connectivity index (χ3v) is 2.40. The van der Waals surface area contributed by atoms with Crippen LogP contribution in [0.5, 0.6) is 0 Å². The van der Waals surface area contributed by atoms with Crippen molar-refractivity contribution in [2.24, 2.45) is 0 Å². The fourth-order valence-corrected chi connectivity index (χ4v) is 1.66. The van der Waals surface area contributed by atoms with Crippen LogP contribution in [0, 0.1) is 0 Å². The molecule has 0 fully saturated rings. The van der Waals surface area contributed by atoms with Crippen LogP contribution in [0.4, 0.5) is 5.82 Å². The Kier molecular flexibility index (Phi) is 5.82. The van der Waals surface area contributed by atoms with Crippen LogP contribution in [0.15, 0.2) is 18.2 Å². The molecule has 0 bridgehead atoms. The molecule has 1 rings (SSSR count). The van der Waals surface area contributed by atoms with Crippen molar-refractivity contribution >= 4 is 5.82 Å². The molecule has 1 aromatic heterocycles. The molecule has 16 heavy (non-hydrogen) atoms. The summed E-state index contributed by atoms with van der Waals surface area (Å²) in [7, 11) is 1.86. The van der Waals surface area contributed by atoms with E-state index in [4.69, 9.17) is 5.11 Å². The minimum absolute atomic E-state index is 0.200. The predicted molar refractivity (Wildman–Crippen MR) is 66.4 cm³/mol. The van der Waals surface area contributed by atoms with Gasteiger partial charge in [0.25, 0.3) is 0 Å². The van der Waals surface area contributed by atoms with Crippen molar-refractivity contribution in [3.8, 4) is 0 Å². The van der Waals surface area contributed by atoms with Gasteiger partial charge in [0.05, 0.1) is 12.3 Å². The second-order valence-electron chi connectivity index (χ2n) is 3.76. The molecule has 0 aliphatic carbocycles. The van der Waals surface area contributed by atoms with Crippen molar-refractivity contribution in [2.75, 3.05) is 32.1 Å². The van der Waals surface area contributed by atoms with Crippen LogP contribution < -0.4 is 5.32 Å². The van der Waals surface area contributed by atoms with Gasteiger partial charge < -0.3 is 10.4 Å². The molecule has 0 aromatic carbocycles. The van der Waals surface area contributed by atoms with Gasteiger partial charge in [-0.2, -0.15) is 0 Å². The van der Waals surface area contributed by atoms with Gasteiger partial charge in [-0.3, -0.25) is 4.90 Å². The molecule has 4 nitrogen and oxygen atoms in total. The van der Waals surface area contributed by atoms with Gasteiger partial charge in [0.2, 0.25) is 0 Å². The Balaban J connectivity index is 2.60. The van der Waals surface area contributed by atoms with Crippen LogP contribution in [0.1, 0.15) is 19.0 Å². The fourth-order valence-electron chi connectivity index (χ4n) is 1.66. The second kappa shape index (κ2) is 7.19. The summed E-state index contributed by atoms with van der Waals surface area (Å²) in [5.41, 5.74) is 1.04. The van der Waals surface area contributed by atoms with E-state index in [1.54, 1.807) is 0 Å². The molecule has 0 unspecified atom stereocenters. The zero-order valence-corrected chi connectivity index (χ0v) is 10.1. The molecule has 2 N–H and O–H groups in total. The average Bonchev–Trinajstić information content (AvgIpc) is 2.30. The van der Waals surface area contributed by atoms with Crippen molar-refractivity contribution in [3.05, 3.63) is 23.9 Å². The third-order valence-electron chi connectivity index (χ3n) is 2.40. The number of nitrogens with one attached hydrogen (secondary N) is 1. The standard InChI is InChI=1S/C12H21N3O/c1-3-7-15(8-9-16)10-11-5-4-6-12(13-2)14-11/h4-6,16H,3,7-10H2,1-2H3,(H,13,14). The maximum absolute atomic E-state index is 8.97. The molecule has 0 spiro atoms. The highest BCUT2D eigenvalue weighted by atomic mass is 16.3. The lowest BCUT2D eigenvalue weighted by Crippen LogP contribution is -2.27. The van der Waals surface area contributed by atoms with Crippen molar-refractivity contribution in [1.29, 1.82) is 0 Å². The summed E-state index contributed by atoms with van der Waals surface area (Å²) in [6.45, 7) is 4.84. The molecule has 0 saturated carbocycles. The molecule has 0 saturated heterocycles. The molecule has 1 aromatic rings. The van der Waals surface area contributed by atoms with Crippen molar-refractivity contribution in [2.45, 2.75) is 19.9 Å². The quantitative estimate of drug-likeness (QED) is 0.732. The summed E-state index contributed by atoms with van der Waals surface area (Å²) in [6.07, 6.45) is 1.09. The van der Waals surface area contributed by atoms with Crippen LogP contribution in [0.3, 0.4) is 0 Å². The first-order chi connectivity index (χ1) is 7.80. The highest BCUT2D eigenvalue weighted by Gasteiger charge is 2.05. The van der Waals surface area contributed by atoms with Crippen molar-refractivity contribution in [3.63, 3.8) is 0 Å². The number of aliphatic hydroxyl groups is 1. The van der Waals surface area contributed by atoms with Gasteiger partial charge in [-0.1, -0.05) is 13.0 Å². The normalized spacial score (nSPS) is 10.8. The van der Waals surface area contributed by atoms with Crippen LogP contribution in [0.25, 0.3) is 0 Å². The minimum atomic E-state index is 0.200. The van der Waals surface area contributed by atoms with E-state index < -0.39 is 0 Å². The Morgan fingerprint density at radius 1 is 1.38 bits per heavy atom. The Morgan fingerprint density at radius 3 is 2.81 bits per heavy atom. The number of anilines is 1. The largest absolute Gasteiger partial charge is 0.395 e. The van der Waals surface area contributed by atoms with Gasteiger partial charge >= 0.3 is 0 Å². The number of nitrogens with zero attached hydrogens (tertiary/aromatic N) is 2. The van der Waals surface area contributed by atoms with E-state index in [9.17, 15) is 0 Å². The zero-order valence-electron chi connectivity index (χ0n) is 10.1. The third kappa shape index (κ3) is 4.16. The van der Waals surface area contributed by atoms with E-state index in [0.717, 1.165) is 31.0 Å². The lowest BCUT2D eigenvalue weighted by atomic mass is 10.3. The smallest absolute Gasteiger partial charge is 0.126 e. The van der Waals surface area contributed by atoms with Gasteiger partial charge in [0.15, 0.2) is 0 Å². The Morgan fingerprint density at radius 2 is 2.19 bits per heavy atom. The number of rotatable bonds is 7. The van der Waals surface area contributed by atoms with E-state index in [0.29, 0.717) is 6.54 Å². The van der Waals surface area contributed by atoms with E-state index >= 15 is 0 Å². The molecule has 1 heterocycles. The monoisotopic (exact) mass is 223 g/mol. The highest BCUT2D eigenvalue weighted by Crippen LogP contribution is 2.07. The zero-order chi connectivity index (χ0) is 11.8. The van der Waals surface area contributed by atoms with E-state index in [1.165, 1.54) is 0 Å². The summed E-state index contributed by atoms with van der Waals surface area (Å²) >= 11 is 0. The first-order valence-electron chi connectivity index (χ1n) is 5.77. The van der Waals surface area contributed by atoms with Gasteiger partial charge in [0, 0.05) is 20.1 Å². The van der Waals surface area contributed by atoms with Gasteiger partial charge in [-0.15, -0.1) is 0 Å². The summed E-state index contributed by atoms with van der Waals surface area (Å²) in [4.78, 5) is 6.67. The fraction of sp³-hybridized carbons (Fsp3) is 0.583. The topological polar surface area (TPSA) is 48.4 Å². The average molecular weight is 223 g/mol. The van der Waals surface area contributed by atoms with Gasteiger partial charge in [0.1, 0.15) is 5.82 Å². The number of hydrogen-bond donors (Lipinski definition) is 2. The van der Waals surface area contributed by atoms with E-state index in [1.807, 2.05) is 25.2 Å². The van der Waals surface area contributed by atoms with Gasteiger partial charge in [-0.05, 0) is 25.1 Å². The molecular weight excluding hydrogens is 202 g/mol. The molecule has 0 aliphatic heterocycles. The Hall–Kier alpha value is -1.13. The first kappa shape index (κ1) is 12.9. The van der Waals surface area contributed by atoms with Crippen molar-refractivity contribution < 1.29 is 5.11 Å². The SMILES string of the molecule is CCCN(CCO)Cc1cccc(NC)n1. The number of aliphatic hydroxyl groups excluding tert-OH is 1. The minimum Gasteiger partial charge on any atom is -0.395 e. The van der Waals surface area contributed by atoms with E-state index in [2.05, 4.69) is 22.1 Å². The van der Waals surface area contributed by atoms with Crippen LogP contribution >= 0.6 is 0 Å². The lowest BCUT2D eigenvalue weighted by molar-refractivity contribution is 0.189. The Labute approximate surface area is 97.3 Å². The number of aromatic nitrogens is 1. The second-order valence-corrected chi connectivity index (χ2v) is 3.76. The first-order valence-corrected chi connectivity index (χ1v) is 5.77. The molecule has 0 atom stereocenters. The van der Waals surface area contributed by atoms with Crippen LogP contribution in [-0.4, -0.2) is 41.7 Å². The number of pyridine rings is 1. The predicted octanol–water partition coefficient (Wildman–Crippen LogP) is 1.33. The van der Waals surface area contributed by atoms with Crippen molar-refractivity contribution in [1.82, 2.24) is 9.88 Å². The molecule has 4 heteroatoms. The summed E-state index contributed by atoms with van der Waals surface area (Å²) in [5, 5.41) is 12.0. The molecular formula is C12H21N3O. The van der Waals surface area contributed by atoms with Gasteiger partial charge in [-0.25, -0.2) is 4.98 Å². The molecule has 0 amide bonds. The Bertz CT molecular complexity index is 298. The van der Waals surface area contributed by atoms with Crippen LogP contribution in [-0.2, 0) is 6.54 Å². The van der Waals surface area contributed by atoms with E-state index in [-0.39, 0.29) is 6.61 Å². The maximum Gasteiger partial charge on any atom is 0.126 e. The molecule has 90 valence electrons. The van der Waals surface area contributed by atoms with Crippen LogP contribution in [0.2, 0.25) is 0 Å². The molecule has 0 aliphatic rings. The highest BCUT2D eigenvalue weighted by molar-refractivity contribution is 5.34. The lowest BCUT2D eigenvalue weighted by Gasteiger charge is -2.20. The number of hydrogen-bond acceptors (Lipinski definition) is 4.